The minimum atomic E-state index is -0.494. The molecule has 1 rings (SSSR count). The number of alkyl carbamates (subject to hydrolysis) is 1. The third-order valence-corrected chi connectivity index (χ3v) is 2.75. The monoisotopic (exact) mass is 227 g/mol. The molecular weight excluding hydrogens is 206 g/mol. The van der Waals surface area contributed by atoms with E-state index in [4.69, 9.17) is 4.74 Å². The van der Waals surface area contributed by atoms with Crippen molar-refractivity contribution in [2.45, 2.75) is 58.6 Å². The first-order chi connectivity index (χ1) is 7.29. The zero-order chi connectivity index (χ0) is 12.3. The second kappa shape index (κ2) is 4.85. The maximum atomic E-state index is 11.5. The summed E-state index contributed by atoms with van der Waals surface area (Å²) in [7, 11) is 0. The number of ketones is 1. The average Bonchev–Trinajstić information content (AvgIpc) is 2.09. The number of hydrogen-bond donors (Lipinski definition) is 1. The van der Waals surface area contributed by atoms with Gasteiger partial charge >= 0.3 is 6.09 Å². The van der Waals surface area contributed by atoms with E-state index in [1.54, 1.807) is 0 Å². The smallest absolute Gasteiger partial charge is 0.407 e. The third-order valence-electron chi connectivity index (χ3n) is 2.75. The summed E-state index contributed by atoms with van der Waals surface area (Å²) in [5.74, 6) is 0.133. The molecule has 1 saturated carbocycles. The van der Waals surface area contributed by atoms with Crippen LogP contribution in [0.15, 0.2) is 0 Å². The van der Waals surface area contributed by atoms with Gasteiger partial charge < -0.3 is 10.1 Å². The summed E-state index contributed by atoms with van der Waals surface area (Å²) in [5.41, 5.74) is -0.494. The summed E-state index contributed by atoms with van der Waals surface area (Å²) in [6.07, 6.45) is 1.91. The molecule has 92 valence electrons. The molecule has 16 heavy (non-hydrogen) atoms. The maximum absolute atomic E-state index is 11.5. The lowest BCUT2D eigenvalue weighted by Gasteiger charge is -2.29. The fourth-order valence-corrected chi connectivity index (χ4v) is 1.85. The number of amides is 1. The molecule has 0 aromatic heterocycles. The van der Waals surface area contributed by atoms with Crippen molar-refractivity contribution in [1.29, 1.82) is 0 Å². The molecule has 0 aromatic rings. The lowest BCUT2D eigenvalue weighted by Crippen LogP contribution is -2.46. The molecule has 4 nitrogen and oxygen atoms in total. The van der Waals surface area contributed by atoms with Crippen LogP contribution in [0.2, 0.25) is 0 Å². The molecular formula is C12H21NO3. The van der Waals surface area contributed by atoms with Gasteiger partial charge in [0.1, 0.15) is 11.4 Å². The molecule has 0 radical (unpaired) electrons. The first kappa shape index (κ1) is 13.0. The number of Topliss-reactive ketones (excluding diaryl/α,β-unsaturated/α-hetero) is 1. The Hall–Kier alpha value is -1.06. The minimum Gasteiger partial charge on any atom is -0.444 e. The number of hydrogen-bond acceptors (Lipinski definition) is 3. The summed E-state index contributed by atoms with van der Waals surface area (Å²) < 4.78 is 5.16. The predicted molar refractivity (Wildman–Crippen MR) is 61.2 cm³/mol. The summed E-state index contributed by atoms with van der Waals surface area (Å²) in [6, 6.07) is -0.0731. The first-order valence-electron chi connectivity index (χ1n) is 5.82. The van der Waals surface area contributed by atoms with Crippen LogP contribution in [-0.2, 0) is 9.53 Å². The fraction of sp³-hybridized carbons (Fsp3) is 0.833. The highest BCUT2D eigenvalue weighted by Crippen LogP contribution is 2.21. The van der Waals surface area contributed by atoms with Crippen LogP contribution in [0.1, 0.15) is 47.0 Å². The molecule has 1 fully saturated rings. The lowest BCUT2D eigenvalue weighted by molar-refractivity contribution is -0.124. The quantitative estimate of drug-likeness (QED) is 0.747. The van der Waals surface area contributed by atoms with Gasteiger partial charge in [-0.1, -0.05) is 6.92 Å². The van der Waals surface area contributed by atoms with Crippen LogP contribution in [0.25, 0.3) is 0 Å². The molecule has 1 aliphatic carbocycles. The van der Waals surface area contributed by atoms with E-state index in [0.29, 0.717) is 6.42 Å². The van der Waals surface area contributed by atoms with Gasteiger partial charge in [0, 0.05) is 18.4 Å². The van der Waals surface area contributed by atoms with Crippen molar-refractivity contribution in [3.63, 3.8) is 0 Å². The van der Waals surface area contributed by atoms with Gasteiger partial charge in [-0.25, -0.2) is 4.79 Å². The minimum absolute atomic E-state index is 0.0731. The van der Waals surface area contributed by atoms with E-state index in [0.717, 1.165) is 12.8 Å². The molecule has 1 N–H and O–H groups in total. The Labute approximate surface area is 96.7 Å². The van der Waals surface area contributed by atoms with Crippen molar-refractivity contribution in [3.8, 4) is 0 Å². The molecule has 0 aliphatic heterocycles. The van der Waals surface area contributed by atoms with Crippen LogP contribution in [0.5, 0.6) is 0 Å². The summed E-state index contributed by atoms with van der Waals surface area (Å²) >= 11 is 0. The van der Waals surface area contributed by atoms with Gasteiger partial charge in [0.05, 0.1) is 0 Å². The molecule has 0 saturated heterocycles. The number of carbonyl (C=O) groups is 2. The van der Waals surface area contributed by atoms with E-state index in [1.165, 1.54) is 0 Å². The van der Waals surface area contributed by atoms with E-state index in [1.807, 2.05) is 27.7 Å². The Morgan fingerprint density at radius 1 is 1.44 bits per heavy atom. The van der Waals surface area contributed by atoms with Crippen molar-refractivity contribution in [3.05, 3.63) is 0 Å². The summed E-state index contributed by atoms with van der Waals surface area (Å²) in [4.78, 5) is 23.0. The average molecular weight is 227 g/mol. The number of ether oxygens (including phenoxy) is 1. The molecule has 2 atom stereocenters. The van der Waals surface area contributed by atoms with E-state index < -0.39 is 11.7 Å². The second-order valence-corrected chi connectivity index (χ2v) is 5.40. The van der Waals surface area contributed by atoms with Gasteiger partial charge in [0.15, 0.2) is 0 Å². The van der Waals surface area contributed by atoms with Crippen LogP contribution in [0, 0.1) is 5.92 Å². The Balaban J connectivity index is 2.47. The Bertz CT molecular complexity index is 280. The van der Waals surface area contributed by atoms with Crippen LogP contribution < -0.4 is 5.32 Å². The van der Waals surface area contributed by atoms with Gasteiger partial charge in [0.2, 0.25) is 0 Å². The Kier molecular flexibility index (Phi) is 3.94. The van der Waals surface area contributed by atoms with Gasteiger partial charge in [0.25, 0.3) is 0 Å². The van der Waals surface area contributed by atoms with E-state index in [2.05, 4.69) is 5.32 Å². The van der Waals surface area contributed by atoms with E-state index >= 15 is 0 Å². The predicted octanol–water partition coefficient (Wildman–Crippen LogP) is 2.27. The Morgan fingerprint density at radius 3 is 2.62 bits per heavy atom. The second-order valence-electron chi connectivity index (χ2n) is 5.40. The standard InChI is InChI=1S/C12H21NO3/c1-8-9(6-5-7-10(8)14)13-11(15)16-12(2,3)4/h8-9H,5-7H2,1-4H3,(H,13,15). The van der Waals surface area contributed by atoms with Crippen LogP contribution in [-0.4, -0.2) is 23.5 Å². The molecule has 0 spiro atoms. The molecule has 1 amide bonds. The lowest BCUT2D eigenvalue weighted by atomic mass is 9.85. The largest absolute Gasteiger partial charge is 0.444 e. The molecule has 4 heteroatoms. The molecule has 0 aromatic carbocycles. The maximum Gasteiger partial charge on any atom is 0.407 e. The first-order valence-corrected chi connectivity index (χ1v) is 5.82. The van der Waals surface area contributed by atoms with Gasteiger partial charge in [-0.05, 0) is 33.6 Å². The summed E-state index contributed by atoms with van der Waals surface area (Å²) in [5, 5.41) is 2.77. The summed E-state index contributed by atoms with van der Waals surface area (Å²) in [6.45, 7) is 7.33. The van der Waals surface area contributed by atoms with Crippen LogP contribution >= 0.6 is 0 Å². The van der Waals surface area contributed by atoms with Crippen molar-refractivity contribution in [2.24, 2.45) is 5.92 Å². The van der Waals surface area contributed by atoms with Crippen molar-refractivity contribution in [1.82, 2.24) is 5.32 Å². The highest BCUT2D eigenvalue weighted by molar-refractivity contribution is 5.83. The molecule has 1 aliphatic rings. The van der Waals surface area contributed by atoms with Crippen LogP contribution in [0.4, 0.5) is 4.79 Å². The fourth-order valence-electron chi connectivity index (χ4n) is 1.85. The molecule has 2 unspecified atom stereocenters. The van der Waals surface area contributed by atoms with Gasteiger partial charge in [-0.15, -0.1) is 0 Å². The van der Waals surface area contributed by atoms with Gasteiger partial charge in [-0.3, -0.25) is 4.79 Å². The number of rotatable bonds is 1. The number of carbonyl (C=O) groups excluding carboxylic acids is 2. The number of nitrogens with one attached hydrogen (secondary N) is 1. The molecule has 0 heterocycles. The zero-order valence-corrected chi connectivity index (χ0v) is 10.5. The van der Waals surface area contributed by atoms with E-state index in [-0.39, 0.29) is 17.7 Å². The van der Waals surface area contributed by atoms with Crippen molar-refractivity contribution >= 4 is 11.9 Å². The Morgan fingerprint density at radius 2 is 2.06 bits per heavy atom. The van der Waals surface area contributed by atoms with E-state index in [9.17, 15) is 9.59 Å². The normalized spacial score (nSPS) is 26.4. The zero-order valence-electron chi connectivity index (χ0n) is 10.5. The highest BCUT2D eigenvalue weighted by Gasteiger charge is 2.30. The van der Waals surface area contributed by atoms with Crippen LogP contribution in [0.3, 0.4) is 0 Å². The molecule has 0 bridgehead atoms. The topological polar surface area (TPSA) is 55.4 Å². The van der Waals surface area contributed by atoms with Gasteiger partial charge in [-0.2, -0.15) is 0 Å². The SMILES string of the molecule is CC1C(=O)CCCC1NC(=O)OC(C)(C)C. The third kappa shape index (κ3) is 3.83. The van der Waals surface area contributed by atoms with Crippen molar-refractivity contribution < 1.29 is 14.3 Å². The highest BCUT2D eigenvalue weighted by atomic mass is 16.6. The van der Waals surface area contributed by atoms with Crippen molar-refractivity contribution in [2.75, 3.05) is 0 Å².